The Balaban J connectivity index is 0.902. The summed E-state index contributed by atoms with van der Waals surface area (Å²) in [7, 11) is 0. The van der Waals surface area contributed by atoms with Crippen LogP contribution in [-0.4, -0.2) is 19.5 Å². The van der Waals surface area contributed by atoms with E-state index in [4.69, 9.17) is 19.4 Å². The summed E-state index contributed by atoms with van der Waals surface area (Å²) in [6, 6.07) is 85.5. The molecule has 0 spiro atoms. The molecule has 0 saturated heterocycles. The van der Waals surface area contributed by atoms with Gasteiger partial charge in [0.25, 0.3) is 0 Å². The van der Waals surface area contributed by atoms with Gasteiger partial charge in [-0.3, -0.25) is 0 Å². The Labute approximate surface area is 403 Å². The van der Waals surface area contributed by atoms with Crippen molar-refractivity contribution < 1.29 is 4.42 Å². The first-order valence-corrected chi connectivity index (χ1v) is 23.7. The quantitative estimate of drug-likeness (QED) is 0.150. The first-order chi connectivity index (χ1) is 34.7. The average molecular weight is 893 g/mol. The zero-order valence-corrected chi connectivity index (χ0v) is 37.8. The van der Waals surface area contributed by atoms with Crippen molar-refractivity contribution in [3.8, 4) is 73.1 Å². The number of para-hydroxylation sites is 4. The monoisotopic (exact) mass is 892 g/mol. The predicted octanol–water partition coefficient (Wildman–Crippen LogP) is 17.2. The van der Waals surface area contributed by atoms with Crippen molar-refractivity contribution in [3.63, 3.8) is 0 Å². The molecule has 70 heavy (non-hydrogen) atoms. The van der Waals surface area contributed by atoms with Crippen LogP contribution in [0.5, 0.6) is 0 Å². The summed E-state index contributed by atoms with van der Waals surface area (Å²) < 4.78 is 8.85. The van der Waals surface area contributed by atoms with Gasteiger partial charge in [-0.15, -0.1) is 0 Å². The molecule has 0 bridgehead atoms. The van der Waals surface area contributed by atoms with E-state index in [2.05, 4.69) is 217 Å². The number of pyridine rings is 1. The molecule has 0 aliphatic heterocycles. The molecule has 10 aromatic carbocycles. The van der Waals surface area contributed by atoms with E-state index in [0.717, 1.165) is 111 Å². The Bertz CT molecular complexity index is 4330. The van der Waals surface area contributed by atoms with Gasteiger partial charge < -0.3 is 8.98 Å². The number of hydrogen-bond donors (Lipinski definition) is 0. The number of nitrogens with zero attached hydrogens (tertiary/aromatic N) is 4. The molecule has 4 aromatic heterocycles. The largest absolute Gasteiger partial charge is 0.455 e. The lowest BCUT2D eigenvalue weighted by atomic mass is 9.94. The Morgan fingerprint density at radius 3 is 1.77 bits per heavy atom. The van der Waals surface area contributed by atoms with Crippen LogP contribution in [0.1, 0.15) is 0 Å². The van der Waals surface area contributed by atoms with E-state index in [-0.39, 0.29) is 0 Å². The zero-order chi connectivity index (χ0) is 46.1. The van der Waals surface area contributed by atoms with Crippen LogP contribution in [0.3, 0.4) is 0 Å². The molecule has 0 radical (unpaired) electrons. The van der Waals surface area contributed by atoms with Crippen molar-refractivity contribution in [2.75, 3.05) is 0 Å². The fraction of sp³-hybridized carbons (Fsp3) is 0. The summed E-state index contributed by atoms with van der Waals surface area (Å²) in [5.41, 5.74) is 17.2. The molecular weight excluding hydrogens is 853 g/mol. The van der Waals surface area contributed by atoms with Gasteiger partial charge in [0.15, 0.2) is 5.82 Å². The second-order valence-electron chi connectivity index (χ2n) is 17.9. The van der Waals surface area contributed by atoms with Crippen LogP contribution < -0.4 is 0 Å². The van der Waals surface area contributed by atoms with E-state index in [1.54, 1.807) is 0 Å². The standard InChI is InChI=1S/C65H40N4O/c1-4-16-43(17-5-1)63-53-35-37-59-62(52-25-10-12-28-58(52)69(59)48-22-8-3-9-23-48)61(53)54-39-45(34-36-55(54)66-63)41-30-32-42(33-31-41)56-40-57(68-65(67-56)44-18-6-2-7-19-44)47-21-14-20-46(38-47)49-26-15-27-51-50-24-11-13-29-60(50)70-64(49)51/h1-40H. The van der Waals surface area contributed by atoms with E-state index in [1.807, 2.05) is 30.3 Å². The Morgan fingerprint density at radius 1 is 0.329 bits per heavy atom. The van der Waals surface area contributed by atoms with Crippen molar-refractivity contribution >= 4 is 65.4 Å². The smallest absolute Gasteiger partial charge is 0.160 e. The molecule has 5 heteroatoms. The third-order valence-corrected chi connectivity index (χ3v) is 13.8. The van der Waals surface area contributed by atoms with Gasteiger partial charge in [0.05, 0.1) is 33.6 Å². The van der Waals surface area contributed by atoms with E-state index in [0.29, 0.717) is 5.82 Å². The molecule has 0 aliphatic carbocycles. The van der Waals surface area contributed by atoms with Gasteiger partial charge in [-0.1, -0.05) is 188 Å². The van der Waals surface area contributed by atoms with Gasteiger partial charge >= 0.3 is 0 Å². The molecule has 326 valence electrons. The molecule has 5 nitrogen and oxygen atoms in total. The number of furan rings is 1. The maximum Gasteiger partial charge on any atom is 0.160 e. The van der Waals surface area contributed by atoms with E-state index >= 15 is 0 Å². The van der Waals surface area contributed by atoms with Crippen molar-refractivity contribution in [2.24, 2.45) is 0 Å². The van der Waals surface area contributed by atoms with Crippen molar-refractivity contribution in [1.29, 1.82) is 0 Å². The molecule has 0 unspecified atom stereocenters. The minimum atomic E-state index is 0.672. The number of rotatable bonds is 7. The summed E-state index contributed by atoms with van der Waals surface area (Å²) in [5.74, 6) is 0.672. The second kappa shape index (κ2) is 16.1. The van der Waals surface area contributed by atoms with Crippen molar-refractivity contribution in [2.45, 2.75) is 0 Å². The first-order valence-electron chi connectivity index (χ1n) is 23.7. The molecule has 14 rings (SSSR count). The van der Waals surface area contributed by atoms with E-state index in [1.165, 1.54) is 21.7 Å². The lowest BCUT2D eigenvalue weighted by molar-refractivity contribution is 0.670. The topological polar surface area (TPSA) is 56.7 Å². The number of fused-ring (bicyclic) bond motifs is 10. The molecule has 4 heterocycles. The summed E-state index contributed by atoms with van der Waals surface area (Å²) >= 11 is 0. The zero-order valence-electron chi connectivity index (χ0n) is 37.8. The lowest BCUT2D eigenvalue weighted by Crippen LogP contribution is -1.96. The Morgan fingerprint density at radius 2 is 0.957 bits per heavy atom. The van der Waals surface area contributed by atoms with Gasteiger partial charge in [-0.05, 0) is 71.3 Å². The molecule has 0 fully saturated rings. The number of benzene rings is 10. The normalized spacial score (nSPS) is 11.7. The highest BCUT2D eigenvalue weighted by Crippen LogP contribution is 2.44. The Hall–Kier alpha value is -9.45. The van der Waals surface area contributed by atoms with Crippen LogP contribution in [-0.2, 0) is 0 Å². The lowest BCUT2D eigenvalue weighted by Gasteiger charge is -2.14. The van der Waals surface area contributed by atoms with Gasteiger partial charge in [0.2, 0.25) is 0 Å². The Kier molecular flexibility index (Phi) is 9.14. The maximum absolute atomic E-state index is 6.46. The highest BCUT2D eigenvalue weighted by atomic mass is 16.3. The average Bonchev–Trinajstić information content (AvgIpc) is 4.00. The van der Waals surface area contributed by atoms with Gasteiger partial charge in [0.1, 0.15) is 11.2 Å². The summed E-state index contributed by atoms with van der Waals surface area (Å²) in [6.45, 7) is 0. The first kappa shape index (κ1) is 39.7. The van der Waals surface area contributed by atoms with Crippen LogP contribution in [0.25, 0.3) is 139 Å². The number of aromatic nitrogens is 4. The van der Waals surface area contributed by atoms with Crippen molar-refractivity contribution in [1.82, 2.24) is 19.5 Å². The van der Waals surface area contributed by atoms with Crippen molar-refractivity contribution in [3.05, 3.63) is 243 Å². The van der Waals surface area contributed by atoms with Gasteiger partial charge in [-0.2, -0.15) is 0 Å². The van der Waals surface area contributed by atoms with Crippen LogP contribution in [0, 0.1) is 0 Å². The highest BCUT2D eigenvalue weighted by molar-refractivity contribution is 6.29. The number of hydrogen-bond acceptors (Lipinski definition) is 4. The maximum atomic E-state index is 6.46. The molecular formula is C65H40N4O. The van der Waals surface area contributed by atoms with Crippen LogP contribution in [0.4, 0.5) is 0 Å². The van der Waals surface area contributed by atoms with Crippen LogP contribution >= 0.6 is 0 Å². The molecule has 0 saturated carbocycles. The van der Waals surface area contributed by atoms with Gasteiger partial charge in [0, 0.05) is 71.2 Å². The predicted molar refractivity (Wildman–Crippen MR) is 289 cm³/mol. The molecule has 0 aliphatic rings. The minimum Gasteiger partial charge on any atom is -0.455 e. The summed E-state index contributed by atoms with van der Waals surface area (Å²) in [4.78, 5) is 15.8. The third-order valence-electron chi connectivity index (χ3n) is 13.8. The molecule has 0 amide bonds. The highest BCUT2D eigenvalue weighted by Gasteiger charge is 2.21. The SMILES string of the molecule is c1ccc(-c2nc(-c3ccc(-c4ccc5nc(-c6ccccc6)c6ccc7c(c8ccccc8n7-c7ccccc7)c6c5c4)cc3)cc(-c3cccc(-c4cccc5c4oc4ccccc45)c3)n2)cc1. The summed E-state index contributed by atoms with van der Waals surface area (Å²) in [5, 5.41) is 8.09. The third kappa shape index (κ3) is 6.51. The molecule has 0 atom stereocenters. The van der Waals surface area contributed by atoms with E-state index < -0.39 is 0 Å². The minimum absolute atomic E-state index is 0.672. The van der Waals surface area contributed by atoms with Gasteiger partial charge in [-0.25, -0.2) is 15.0 Å². The molecule has 14 aromatic rings. The molecule has 0 N–H and O–H groups in total. The van der Waals surface area contributed by atoms with Crippen LogP contribution in [0.15, 0.2) is 247 Å². The van der Waals surface area contributed by atoms with E-state index in [9.17, 15) is 0 Å². The fourth-order valence-electron chi connectivity index (χ4n) is 10.5. The fourth-order valence-corrected chi connectivity index (χ4v) is 10.5. The van der Waals surface area contributed by atoms with Crippen LogP contribution in [0.2, 0.25) is 0 Å². The summed E-state index contributed by atoms with van der Waals surface area (Å²) in [6.07, 6.45) is 0. The second-order valence-corrected chi connectivity index (χ2v) is 17.9.